The van der Waals surface area contributed by atoms with Crippen LogP contribution in [-0.2, 0) is 4.79 Å². The Balaban J connectivity index is 1.36. The maximum absolute atomic E-state index is 12.8. The van der Waals surface area contributed by atoms with E-state index in [2.05, 4.69) is 20.9 Å². The van der Waals surface area contributed by atoms with Crippen molar-refractivity contribution < 1.29 is 9.59 Å². The third kappa shape index (κ3) is 2.72. The molecule has 7 heteroatoms. The molecule has 1 aromatic carbocycles. The number of aryl methyl sites for hydroxylation is 1. The number of hydrogen-bond acceptors (Lipinski definition) is 5. The van der Waals surface area contributed by atoms with Crippen LogP contribution in [0.5, 0.6) is 0 Å². The van der Waals surface area contributed by atoms with Crippen molar-refractivity contribution in [3.8, 4) is 0 Å². The van der Waals surface area contributed by atoms with Gasteiger partial charge in [-0.2, -0.15) is 0 Å². The first-order valence-electron chi connectivity index (χ1n) is 9.47. The molecule has 2 heterocycles. The van der Waals surface area contributed by atoms with E-state index >= 15 is 0 Å². The van der Waals surface area contributed by atoms with Crippen LogP contribution in [0.1, 0.15) is 40.9 Å². The van der Waals surface area contributed by atoms with E-state index in [1.165, 1.54) is 11.3 Å². The topological polar surface area (TPSA) is 83.1 Å². The third-order valence-corrected chi connectivity index (χ3v) is 7.16. The fraction of sp³-hybridized carbons (Fsp3) is 0.450. The van der Waals surface area contributed by atoms with Gasteiger partial charge in [-0.15, -0.1) is 11.3 Å². The average Bonchev–Trinajstić information content (AvgIpc) is 3.06. The Morgan fingerprint density at radius 2 is 2.15 bits per heavy atom. The van der Waals surface area contributed by atoms with Gasteiger partial charge in [0.2, 0.25) is 5.91 Å². The molecular weight excluding hydrogens is 360 g/mol. The smallest absolute Gasteiger partial charge is 0.255 e. The van der Waals surface area contributed by atoms with Crippen molar-refractivity contribution >= 4 is 34.0 Å². The zero-order valence-corrected chi connectivity index (χ0v) is 15.9. The van der Waals surface area contributed by atoms with E-state index < -0.39 is 5.66 Å². The van der Waals surface area contributed by atoms with Gasteiger partial charge in [0.25, 0.3) is 5.91 Å². The lowest BCUT2D eigenvalue weighted by molar-refractivity contribution is -0.126. The molecule has 6 nitrogen and oxygen atoms in total. The largest absolute Gasteiger partial charge is 0.362 e. The van der Waals surface area contributed by atoms with Crippen molar-refractivity contribution in [2.45, 2.75) is 38.3 Å². The average molecular weight is 382 g/mol. The van der Waals surface area contributed by atoms with Gasteiger partial charge in [0.1, 0.15) is 5.66 Å². The first-order valence-corrected chi connectivity index (χ1v) is 10.3. The van der Waals surface area contributed by atoms with Crippen LogP contribution in [0.15, 0.2) is 30.5 Å². The lowest BCUT2D eigenvalue weighted by Crippen LogP contribution is -2.67. The normalized spacial score (nSPS) is 31.1. The molecule has 4 aliphatic rings. The summed E-state index contributed by atoms with van der Waals surface area (Å²) >= 11 is 1.50. The Morgan fingerprint density at radius 1 is 1.30 bits per heavy atom. The monoisotopic (exact) mass is 382 g/mol. The minimum absolute atomic E-state index is 0.0174. The lowest BCUT2D eigenvalue weighted by atomic mass is 9.58. The molecule has 1 aromatic heterocycles. The highest BCUT2D eigenvalue weighted by Gasteiger charge is 2.55. The molecule has 2 aromatic rings. The molecule has 2 amide bonds. The maximum Gasteiger partial charge on any atom is 0.255 e. The molecule has 3 aliphatic carbocycles. The van der Waals surface area contributed by atoms with E-state index in [9.17, 15) is 9.59 Å². The SMILES string of the molecule is Cc1cnc(NC(=O)C2CC3CCC2C[C@@]32NC(=O)c3ccccc3N2)s1. The molecule has 4 atom stereocenters. The van der Waals surface area contributed by atoms with Gasteiger partial charge in [0.05, 0.1) is 5.56 Å². The van der Waals surface area contributed by atoms with E-state index in [-0.39, 0.29) is 29.6 Å². The fourth-order valence-corrected chi connectivity index (χ4v) is 5.74. The van der Waals surface area contributed by atoms with Gasteiger partial charge in [-0.1, -0.05) is 12.1 Å². The molecule has 3 N–H and O–H groups in total. The van der Waals surface area contributed by atoms with Crippen molar-refractivity contribution in [2.75, 3.05) is 10.6 Å². The second-order valence-corrected chi connectivity index (χ2v) is 9.18. The van der Waals surface area contributed by atoms with E-state index in [4.69, 9.17) is 0 Å². The Morgan fingerprint density at radius 3 is 2.89 bits per heavy atom. The molecule has 3 unspecified atom stereocenters. The number of nitrogens with one attached hydrogen (secondary N) is 3. The summed E-state index contributed by atoms with van der Waals surface area (Å²) in [5, 5.41) is 10.5. The van der Waals surface area contributed by atoms with Crippen molar-refractivity contribution in [3.05, 3.63) is 40.9 Å². The van der Waals surface area contributed by atoms with Gasteiger partial charge in [-0.3, -0.25) is 9.59 Å². The van der Waals surface area contributed by atoms with Crippen LogP contribution in [0.4, 0.5) is 10.8 Å². The van der Waals surface area contributed by atoms with Crippen LogP contribution >= 0.6 is 11.3 Å². The molecular formula is C20H22N4O2S. The zero-order valence-electron chi connectivity index (χ0n) is 15.1. The summed E-state index contributed by atoms with van der Waals surface area (Å²) in [6.45, 7) is 1.98. The van der Waals surface area contributed by atoms with Crippen LogP contribution in [0.25, 0.3) is 0 Å². The predicted octanol–water partition coefficient (Wildman–Crippen LogP) is 3.38. The highest BCUT2D eigenvalue weighted by molar-refractivity contribution is 7.15. The van der Waals surface area contributed by atoms with Gasteiger partial charge in [-0.25, -0.2) is 4.98 Å². The molecule has 3 saturated carbocycles. The number of thiazole rings is 1. The molecule has 140 valence electrons. The number of anilines is 2. The van der Waals surface area contributed by atoms with Gasteiger partial charge < -0.3 is 16.0 Å². The van der Waals surface area contributed by atoms with Crippen LogP contribution in [0.2, 0.25) is 0 Å². The number of fused-ring (bicyclic) bond motifs is 3. The summed E-state index contributed by atoms with van der Waals surface area (Å²) in [5.74, 6) is 0.532. The summed E-state index contributed by atoms with van der Waals surface area (Å²) in [4.78, 5) is 30.8. The van der Waals surface area contributed by atoms with Crippen LogP contribution < -0.4 is 16.0 Å². The highest BCUT2D eigenvalue weighted by Crippen LogP contribution is 2.52. The van der Waals surface area contributed by atoms with Crippen molar-refractivity contribution in [1.82, 2.24) is 10.3 Å². The summed E-state index contributed by atoms with van der Waals surface area (Å²) in [5.41, 5.74) is 1.16. The standard InChI is InChI=1S/C20H22N4O2S/c1-11-10-21-19(27-11)22-17(25)15-8-13-7-6-12(15)9-20(13)23-16-5-3-2-4-14(16)18(26)24-20/h2-5,10,12-13,15,23H,6-9H2,1H3,(H,24,26)(H,21,22,25)/t12?,13?,15?,20-/m1/s1. The minimum Gasteiger partial charge on any atom is -0.362 e. The quantitative estimate of drug-likeness (QED) is 0.744. The van der Waals surface area contributed by atoms with Crippen LogP contribution in [0, 0.1) is 24.7 Å². The molecule has 27 heavy (non-hydrogen) atoms. The number of nitrogens with zero attached hydrogens (tertiary/aromatic N) is 1. The maximum atomic E-state index is 12.8. The summed E-state index contributed by atoms with van der Waals surface area (Å²) < 4.78 is 0. The summed E-state index contributed by atoms with van der Waals surface area (Å²) in [6.07, 6.45) is 5.41. The van der Waals surface area contributed by atoms with E-state index in [0.717, 1.165) is 36.2 Å². The second kappa shape index (κ2) is 6.05. The number of benzene rings is 1. The lowest BCUT2D eigenvalue weighted by Gasteiger charge is -2.56. The number of aromatic nitrogens is 1. The van der Waals surface area contributed by atoms with Gasteiger partial charge in [0, 0.05) is 28.6 Å². The van der Waals surface area contributed by atoms with Crippen molar-refractivity contribution in [2.24, 2.45) is 17.8 Å². The number of carbonyl (C=O) groups excluding carboxylic acids is 2. The Hall–Kier alpha value is -2.41. The third-order valence-electron chi connectivity index (χ3n) is 6.33. The molecule has 6 rings (SSSR count). The predicted molar refractivity (Wildman–Crippen MR) is 105 cm³/mol. The zero-order chi connectivity index (χ0) is 18.6. The molecule has 0 saturated heterocycles. The number of carbonyl (C=O) groups is 2. The first kappa shape index (κ1) is 16.7. The summed E-state index contributed by atoms with van der Waals surface area (Å²) in [7, 11) is 0. The van der Waals surface area contributed by atoms with Gasteiger partial charge in [-0.05, 0) is 50.7 Å². The summed E-state index contributed by atoms with van der Waals surface area (Å²) in [6, 6.07) is 7.64. The number of amides is 2. The molecule has 3 fully saturated rings. The Kier molecular flexibility index (Phi) is 3.75. The van der Waals surface area contributed by atoms with Crippen LogP contribution in [-0.4, -0.2) is 22.5 Å². The van der Waals surface area contributed by atoms with Crippen LogP contribution in [0.3, 0.4) is 0 Å². The molecule has 1 spiro atoms. The van der Waals surface area contributed by atoms with Gasteiger partial charge >= 0.3 is 0 Å². The number of hydrogen-bond donors (Lipinski definition) is 3. The first-order chi connectivity index (χ1) is 13.0. The highest BCUT2D eigenvalue weighted by atomic mass is 32.1. The Labute approximate surface area is 161 Å². The molecule has 2 bridgehead atoms. The number of para-hydroxylation sites is 1. The molecule has 0 radical (unpaired) electrons. The number of rotatable bonds is 2. The van der Waals surface area contributed by atoms with E-state index in [1.54, 1.807) is 6.20 Å². The van der Waals surface area contributed by atoms with E-state index in [1.807, 2.05) is 31.2 Å². The minimum atomic E-state index is -0.428. The molecule has 1 aliphatic heterocycles. The second-order valence-electron chi connectivity index (χ2n) is 7.94. The fourth-order valence-electron chi connectivity index (χ4n) is 5.07. The van der Waals surface area contributed by atoms with Crippen molar-refractivity contribution in [1.29, 1.82) is 0 Å². The van der Waals surface area contributed by atoms with Crippen molar-refractivity contribution in [3.63, 3.8) is 0 Å². The Bertz CT molecular complexity index is 926. The van der Waals surface area contributed by atoms with E-state index in [0.29, 0.717) is 10.7 Å². The van der Waals surface area contributed by atoms with Gasteiger partial charge in [0.15, 0.2) is 5.13 Å².